The largest absolute Gasteiger partial charge is 0.497 e. The topological polar surface area (TPSA) is 114 Å². The molecule has 11 nitrogen and oxygen atoms in total. The van der Waals surface area contributed by atoms with Gasteiger partial charge in [0, 0.05) is 36.8 Å². The molecule has 1 unspecified atom stereocenters. The lowest BCUT2D eigenvalue weighted by atomic mass is 9.58. The summed E-state index contributed by atoms with van der Waals surface area (Å²) in [7, 11) is 1.57. The molecule has 2 bridgehead atoms. The van der Waals surface area contributed by atoms with Crippen LogP contribution in [0, 0.1) is 23.7 Å². The molecule has 8 rings (SSSR count). The smallest absolute Gasteiger partial charge is 0.308 e. The van der Waals surface area contributed by atoms with Crippen LogP contribution in [0.2, 0.25) is 0 Å². The summed E-state index contributed by atoms with van der Waals surface area (Å²) in [4.78, 5) is 46.0. The van der Waals surface area contributed by atoms with Gasteiger partial charge >= 0.3 is 5.97 Å². The molecule has 2 aromatic rings. The van der Waals surface area contributed by atoms with Crippen molar-refractivity contribution in [2.45, 2.75) is 89.9 Å². The van der Waals surface area contributed by atoms with E-state index in [1.807, 2.05) is 43.3 Å². The summed E-state index contributed by atoms with van der Waals surface area (Å²) >= 11 is 0. The SMILES string of the molecule is COc1ccc2c(c1)C(=NOCc1ccccc1)C(=O)N2CCCC(=O)OC1O[C@@H]2O[C@@]3(C)CC[C@H]4[C@H](C)CC[C@@H]([C@H]1C)[C@@]24OO3. The molecule has 0 aromatic heterocycles. The van der Waals surface area contributed by atoms with Gasteiger partial charge in [-0.25, -0.2) is 9.78 Å². The predicted octanol–water partition coefficient (Wildman–Crippen LogP) is 5.49. The van der Waals surface area contributed by atoms with Crippen LogP contribution in [-0.4, -0.2) is 55.2 Å². The second-order valence-corrected chi connectivity index (χ2v) is 13.4. The number of carbonyl (C=O) groups is 2. The Balaban J connectivity index is 0.998. The lowest BCUT2D eigenvalue weighted by molar-refractivity contribution is -0.576. The molecule has 1 aliphatic carbocycles. The maximum absolute atomic E-state index is 13.5. The third-order valence-corrected chi connectivity index (χ3v) is 10.5. The lowest BCUT2D eigenvalue weighted by Gasteiger charge is -2.59. The average Bonchev–Trinajstić information content (AvgIpc) is 3.14. The molecule has 11 heteroatoms. The Kier molecular flexibility index (Phi) is 8.29. The number of ether oxygens (including phenoxy) is 4. The second kappa shape index (κ2) is 12.3. The Labute approximate surface area is 269 Å². The van der Waals surface area contributed by atoms with E-state index in [0.29, 0.717) is 42.3 Å². The summed E-state index contributed by atoms with van der Waals surface area (Å²) in [6.07, 6.45) is 2.67. The molecule has 1 saturated carbocycles. The average molecular weight is 635 g/mol. The van der Waals surface area contributed by atoms with Crippen LogP contribution in [-0.2, 0) is 45.0 Å². The molecule has 246 valence electrons. The molecule has 5 aliphatic heterocycles. The van der Waals surface area contributed by atoms with Crippen molar-refractivity contribution < 1.29 is 43.1 Å². The first-order valence-electron chi connectivity index (χ1n) is 16.4. The van der Waals surface area contributed by atoms with Gasteiger partial charge in [-0.2, -0.15) is 0 Å². The highest BCUT2D eigenvalue weighted by Crippen LogP contribution is 2.60. The highest BCUT2D eigenvalue weighted by atomic mass is 17.3. The zero-order chi connectivity index (χ0) is 32.1. The van der Waals surface area contributed by atoms with Crippen LogP contribution in [0.15, 0.2) is 53.7 Å². The number of oxime groups is 1. The summed E-state index contributed by atoms with van der Waals surface area (Å²) in [6.45, 7) is 6.72. The van der Waals surface area contributed by atoms with Crippen molar-refractivity contribution >= 4 is 23.3 Å². The van der Waals surface area contributed by atoms with Gasteiger partial charge in [-0.15, -0.1) is 0 Å². The van der Waals surface area contributed by atoms with Crippen molar-refractivity contribution in [3.63, 3.8) is 0 Å². The van der Waals surface area contributed by atoms with Crippen molar-refractivity contribution in [2.24, 2.45) is 28.8 Å². The van der Waals surface area contributed by atoms with Crippen molar-refractivity contribution in [1.82, 2.24) is 0 Å². The molecule has 46 heavy (non-hydrogen) atoms. The molecule has 0 N–H and O–H groups in total. The summed E-state index contributed by atoms with van der Waals surface area (Å²) in [5.74, 6) is -0.351. The summed E-state index contributed by atoms with van der Waals surface area (Å²) in [5, 5.41) is 4.22. The van der Waals surface area contributed by atoms with Crippen molar-refractivity contribution in [2.75, 3.05) is 18.6 Å². The molecule has 0 radical (unpaired) electrons. The first kappa shape index (κ1) is 31.1. The zero-order valence-corrected chi connectivity index (χ0v) is 26.8. The van der Waals surface area contributed by atoms with Gasteiger partial charge in [0.25, 0.3) is 5.91 Å². The van der Waals surface area contributed by atoms with Crippen LogP contribution < -0.4 is 9.64 Å². The highest BCUT2D eigenvalue weighted by Gasteiger charge is 2.69. The number of hydrogen-bond acceptors (Lipinski definition) is 10. The van der Waals surface area contributed by atoms with E-state index in [9.17, 15) is 9.59 Å². The number of benzene rings is 2. The standard InChI is InChI=1S/C35H42N2O9/c1-21-12-14-27-22(2)32(43-33-35(27)26(21)16-17-34(3,44-33)45-46-35)42-29(38)11-8-18-37-28-15-13-24(40-4)19-25(28)30(31(37)39)36-41-20-23-9-6-5-7-10-23/h5-7,9-10,13,15,19,21-22,26-27,32-33H,8,11-12,14,16-18,20H2,1-4H3/t21-,22-,26+,27+,32?,33-,34-,35-/m1/s1. The van der Waals surface area contributed by atoms with E-state index in [1.54, 1.807) is 24.1 Å². The van der Waals surface area contributed by atoms with Gasteiger partial charge in [0.15, 0.2) is 17.6 Å². The minimum atomic E-state index is -0.899. The zero-order valence-electron chi connectivity index (χ0n) is 26.8. The highest BCUT2D eigenvalue weighted by molar-refractivity contribution is 6.54. The van der Waals surface area contributed by atoms with Crippen LogP contribution in [0.5, 0.6) is 5.75 Å². The number of esters is 1. The van der Waals surface area contributed by atoms with Crippen molar-refractivity contribution in [1.29, 1.82) is 0 Å². The predicted molar refractivity (Wildman–Crippen MR) is 165 cm³/mol. The fraction of sp³-hybridized carbons (Fsp3) is 0.571. The van der Waals surface area contributed by atoms with Crippen LogP contribution in [0.25, 0.3) is 0 Å². The van der Waals surface area contributed by atoms with Gasteiger partial charge in [0.1, 0.15) is 12.4 Å². The Bertz CT molecular complexity index is 1500. The van der Waals surface area contributed by atoms with E-state index >= 15 is 0 Å². The van der Waals surface area contributed by atoms with Gasteiger partial charge in [0.2, 0.25) is 12.1 Å². The Morgan fingerprint density at radius 3 is 2.70 bits per heavy atom. The minimum absolute atomic E-state index is 0.0606. The fourth-order valence-corrected chi connectivity index (χ4v) is 8.05. The van der Waals surface area contributed by atoms with Gasteiger partial charge in [-0.3, -0.25) is 9.59 Å². The Morgan fingerprint density at radius 1 is 1.07 bits per heavy atom. The molecule has 2 aromatic carbocycles. The molecule has 8 atom stereocenters. The maximum Gasteiger partial charge on any atom is 0.308 e. The van der Waals surface area contributed by atoms with Crippen LogP contribution in [0.3, 0.4) is 0 Å². The van der Waals surface area contributed by atoms with Gasteiger partial charge < -0.3 is 28.7 Å². The van der Waals surface area contributed by atoms with E-state index in [-0.39, 0.29) is 42.4 Å². The van der Waals surface area contributed by atoms with E-state index < -0.39 is 29.9 Å². The van der Waals surface area contributed by atoms with Crippen LogP contribution in [0.1, 0.15) is 70.4 Å². The number of anilines is 1. The normalized spacial score (nSPS) is 35.3. The minimum Gasteiger partial charge on any atom is -0.497 e. The molecular weight excluding hydrogens is 592 g/mol. The third kappa shape index (κ3) is 5.36. The quantitative estimate of drug-likeness (QED) is 0.201. The van der Waals surface area contributed by atoms with Crippen LogP contribution in [0.4, 0.5) is 5.69 Å². The van der Waals surface area contributed by atoms with Crippen molar-refractivity contribution in [3.05, 3.63) is 59.7 Å². The van der Waals surface area contributed by atoms with E-state index in [2.05, 4.69) is 19.0 Å². The maximum atomic E-state index is 13.5. The molecular formula is C35H42N2O9. The van der Waals surface area contributed by atoms with Gasteiger partial charge in [0.05, 0.1) is 12.8 Å². The van der Waals surface area contributed by atoms with Gasteiger partial charge in [-0.05, 0) is 68.2 Å². The number of fused-ring (bicyclic) bond motifs is 3. The summed E-state index contributed by atoms with van der Waals surface area (Å²) in [6, 6.07) is 15.0. The lowest BCUT2D eigenvalue weighted by Crippen LogP contribution is -2.70. The van der Waals surface area contributed by atoms with E-state index in [4.69, 9.17) is 33.6 Å². The molecule has 5 fully saturated rings. The molecule has 4 saturated heterocycles. The Hall–Kier alpha value is -3.51. The second-order valence-electron chi connectivity index (χ2n) is 13.4. The number of methoxy groups -OCH3 is 1. The molecule has 6 aliphatic rings. The number of carbonyl (C=O) groups excluding carboxylic acids is 2. The van der Waals surface area contributed by atoms with Crippen LogP contribution >= 0.6 is 0 Å². The number of hydrogen-bond donors (Lipinski definition) is 0. The number of amides is 1. The van der Waals surface area contributed by atoms with Gasteiger partial charge in [-0.1, -0.05) is 49.3 Å². The fourth-order valence-electron chi connectivity index (χ4n) is 8.05. The van der Waals surface area contributed by atoms with Crippen molar-refractivity contribution in [3.8, 4) is 5.75 Å². The summed E-state index contributed by atoms with van der Waals surface area (Å²) < 4.78 is 24.1. The third-order valence-electron chi connectivity index (χ3n) is 10.5. The molecule has 5 heterocycles. The number of rotatable bonds is 9. The molecule has 1 amide bonds. The van der Waals surface area contributed by atoms with E-state index in [0.717, 1.165) is 24.8 Å². The number of nitrogens with zero attached hydrogens (tertiary/aromatic N) is 2. The monoisotopic (exact) mass is 634 g/mol. The van der Waals surface area contributed by atoms with E-state index in [1.165, 1.54) is 0 Å². The summed E-state index contributed by atoms with van der Waals surface area (Å²) in [5.41, 5.74) is 1.73. The molecule has 1 spiro atoms. The Morgan fingerprint density at radius 2 is 1.89 bits per heavy atom. The first-order valence-corrected chi connectivity index (χ1v) is 16.4. The first-order chi connectivity index (χ1) is 22.2.